The van der Waals surface area contributed by atoms with Gasteiger partial charge in [0.15, 0.2) is 0 Å². The molecule has 0 saturated carbocycles. The topological polar surface area (TPSA) is 38.7 Å². The minimum atomic E-state index is -0.494. The van der Waals surface area contributed by atoms with Crippen molar-refractivity contribution in [3.05, 3.63) is 35.4 Å². The molecule has 3 nitrogen and oxygen atoms in total. The Morgan fingerprint density at radius 2 is 2.11 bits per heavy atom. The van der Waals surface area contributed by atoms with E-state index in [9.17, 15) is 5.11 Å². The molecular weight excluding hydrogens is 228 g/mol. The van der Waals surface area contributed by atoms with Gasteiger partial charge in [-0.05, 0) is 36.8 Å². The molecule has 0 bridgehead atoms. The van der Waals surface area contributed by atoms with Gasteiger partial charge in [0.05, 0.1) is 6.10 Å². The van der Waals surface area contributed by atoms with Crippen LogP contribution in [0.5, 0.6) is 0 Å². The molecule has 1 aliphatic rings. The van der Waals surface area contributed by atoms with Crippen molar-refractivity contribution in [3.8, 4) is 0 Å². The van der Waals surface area contributed by atoms with Crippen LogP contribution < -0.4 is 0 Å². The van der Waals surface area contributed by atoms with Crippen LogP contribution in [0.25, 0.3) is 0 Å². The quantitative estimate of drug-likeness (QED) is 0.644. The highest BCUT2D eigenvalue weighted by molar-refractivity contribution is 5.30. The zero-order valence-corrected chi connectivity index (χ0v) is 11.0. The van der Waals surface area contributed by atoms with Crippen molar-refractivity contribution in [1.82, 2.24) is 0 Å². The number of hydrogen-bond acceptors (Lipinski definition) is 3. The third-order valence-electron chi connectivity index (χ3n) is 3.49. The molecule has 0 aromatic heterocycles. The number of hydrogen-bond donors (Lipinski definition) is 1. The molecule has 0 fully saturated rings. The average molecular weight is 250 g/mol. The van der Waals surface area contributed by atoms with Crippen LogP contribution in [0.15, 0.2) is 24.3 Å². The molecule has 0 heterocycles. The molecule has 0 radical (unpaired) electrons. The van der Waals surface area contributed by atoms with E-state index in [4.69, 9.17) is 9.47 Å². The van der Waals surface area contributed by atoms with Crippen LogP contribution >= 0.6 is 0 Å². The summed E-state index contributed by atoms with van der Waals surface area (Å²) in [6.07, 6.45) is 3.33. The molecular formula is C15H22O3. The monoisotopic (exact) mass is 250 g/mol. The molecule has 18 heavy (non-hydrogen) atoms. The molecule has 1 N–H and O–H groups in total. The lowest BCUT2D eigenvalue weighted by atomic mass is 10.0. The maximum Gasteiger partial charge on any atom is 0.105 e. The number of benzene rings is 1. The van der Waals surface area contributed by atoms with Gasteiger partial charge in [0.1, 0.15) is 6.10 Å². The molecule has 1 aliphatic carbocycles. The van der Waals surface area contributed by atoms with E-state index in [0.717, 1.165) is 31.2 Å². The van der Waals surface area contributed by atoms with Gasteiger partial charge in [-0.2, -0.15) is 0 Å². The first-order chi connectivity index (χ1) is 8.83. The van der Waals surface area contributed by atoms with E-state index in [2.05, 4.69) is 6.07 Å². The van der Waals surface area contributed by atoms with Gasteiger partial charge in [-0.1, -0.05) is 24.3 Å². The largest absolute Gasteiger partial charge is 0.386 e. The number of rotatable bonds is 5. The number of aryl methyl sites for hydroxylation is 1. The van der Waals surface area contributed by atoms with Gasteiger partial charge >= 0.3 is 0 Å². The van der Waals surface area contributed by atoms with Gasteiger partial charge in [-0.15, -0.1) is 0 Å². The van der Waals surface area contributed by atoms with Crippen molar-refractivity contribution in [2.24, 2.45) is 0 Å². The summed E-state index contributed by atoms with van der Waals surface area (Å²) in [6.45, 7) is 1.36. The second-order valence-electron chi connectivity index (χ2n) is 4.79. The Balaban J connectivity index is 1.97. The first-order valence-electron chi connectivity index (χ1n) is 6.69. The lowest BCUT2D eigenvalue weighted by Gasteiger charge is -2.22. The normalized spacial score (nSPS) is 23.4. The van der Waals surface area contributed by atoms with Gasteiger partial charge < -0.3 is 14.6 Å². The van der Waals surface area contributed by atoms with E-state index in [1.165, 1.54) is 5.56 Å². The summed E-state index contributed by atoms with van der Waals surface area (Å²) in [6, 6.07) is 8.13. The highest BCUT2D eigenvalue weighted by Gasteiger charge is 2.26. The minimum absolute atomic E-state index is 0.0782. The Hall–Kier alpha value is -0.900. The number of methoxy groups -OCH3 is 1. The Kier molecular flexibility index (Phi) is 5.17. The van der Waals surface area contributed by atoms with Crippen molar-refractivity contribution in [3.63, 3.8) is 0 Å². The second kappa shape index (κ2) is 6.88. The summed E-state index contributed by atoms with van der Waals surface area (Å²) in [5.41, 5.74) is 2.29. The van der Waals surface area contributed by atoms with E-state index in [1.807, 2.05) is 18.2 Å². The van der Waals surface area contributed by atoms with E-state index in [1.54, 1.807) is 7.11 Å². The first kappa shape index (κ1) is 13.5. The summed E-state index contributed by atoms with van der Waals surface area (Å²) >= 11 is 0. The summed E-state index contributed by atoms with van der Waals surface area (Å²) in [7, 11) is 1.69. The van der Waals surface area contributed by atoms with Crippen LogP contribution in [0.2, 0.25) is 0 Å². The average Bonchev–Trinajstić information content (AvgIpc) is 2.56. The van der Waals surface area contributed by atoms with Gasteiger partial charge in [0, 0.05) is 20.3 Å². The molecule has 100 valence electrons. The van der Waals surface area contributed by atoms with Crippen molar-refractivity contribution in [2.75, 3.05) is 20.3 Å². The Bertz CT molecular complexity index is 365. The Morgan fingerprint density at radius 1 is 1.28 bits per heavy atom. The minimum Gasteiger partial charge on any atom is -0.386 e. The molecule has 2 unspecified atom stereocenters. The summed E-state index contributed by atoms with van der Waals surface area (Å²) in [5.74, 6) is 0. The lowest BCUT2D eigenvalue weighted by molar-refractivity contribution is -0.0460. The molecule has 2 rings (SSSR count). The highest BCUT2D eigenvalue weighted by atomic mass is 16.5. The maximum atomic E-state index is 10.4. The van der Waals surface area contributed by atoms with Gasteiger partial charge in [0.2, 0.25) is 0 Å². The summed E-state index contributed by atoms with van der Waals surface area (Å²) < 4.78 is 10.8. The standard InChI is InChI=1S/C15H22O3/c1-17-10-5-11-18-14-9-4-7-12-6-2-3-8-13(12)15(14)16/h2-3,6,8,14-16H,4-5,7,9-11H2,1H3. The molecule has 3 heteroatoms. The predicted molar refractivity (Wildman–Crippen MR) is 70.6 cm³/mol. The molecule has 0 saturated heterocycles. The maximum absolute atomic E-state index is 10.4. The number of ether oxygens (including phenoxy) is 2. The lowest BCUT2D eigenvalue weighted by Crippen LogP contribution is -2.22. The summed E-state index contributed by atoms with van der Waals surface area (Å²) in [5, 5.41) is 10.4. The molecule has 0 amide bonds. The number of aliphatic hydroxyl groups excluding tert-OH is 1. The smallest absolute Gasteiger partial charge is 0.105 e. The van der Waals surface area contributed by atoms with Crippen LogP contribution in [0.1, 0.15) is 36.5 Å². The fourth-order valence-electron chi connectivity index (χ4n) is 2.51. The highest BCUT2D eigenvalue weighted by Crippen LogP contribution is 2.30. The van der Waals surface area contributed by atoms with Gasteiger partial charge in [-0.25, -0.2) is 0 Å². The molecule has 1 aromatic rings. The van der Waals surface area contributed by atoms with Crippen molar-refractivity contribution in [1.29, 1.82) is 0 Å². The van der Waals surface area contributed by atoms with Crippen LogP contribution in [-0.2, 0) is 15.9 Å². The fourth-order valence-corrected chi connectivity index (χ4v) is 2.51. The Labute approximate surface area is 109 Å². The molecule has 0 spiro atoms. The van der Waals surface area contributed by atoms with E-state index in [0.29, 0.717) is 13.2 Å². The van der Waals surface area contributed by atoms with Gasteiger partial charge in [-0.3, -0.25) is 0 Å². The third-order valence-corrected chi connectivity index (χ3v) is 3.49. The van der Waals surface area contributed by atoms with E-state index < -0.39 is 6.10 Å². The predicted octanol–water partition coefficient (Wildman–Crippen LogP) is 2.48. The molecule has 1 aromatic carbocycles. The van der Waals surface area contributed by atoms with Crippen molar-refractivity contribution >= 4 is 0 Å². The van der Waals surface area contributed by atoms with Crippen LogP contribution in [0.4, 0.5) is 0 Å². The van der Waals surface area contributed by atoms with Crippen molar-refractivity contribution in [2.45, 2.75) is 37.9 Å². The number of aliphatic hydroxyl groups is 1. The van der Waals surface area contributed by atoms with E-state index >= 15 is 0 Å². The SMILES string of the molecule is COCCCOC1CCCc2ccccc2C1O. The van der Waals surface area contributed by atoms with Crippen molar-refractivity contribution < 1.29 is 14.6 Å². The zero-order chi connectivity index (χ0) is 12.8. The number of fused-ring (bicyclic) bond motifs is 1. The van der Waals surface area contributed by atoms with Crippen LogP contribution in [-0.4, -0.2) is 31.5 Å². The van der Waals surface area contributed by atoms with Gasteiger partial charge in [0.25, 0.3) is 0 Å². The zero-order valence-electron chi connectivity index (χ0n) is 11.0. The van der Waals surface area contributed by atoms with Crippen LogP contribution in [0, 0.1) is 0 Å². The van der Waals surface area contributed by atoms with E-state index in [-0.39, 0.29) is 6.10 Å². The summed E-state index contributed by atoms with van der Waals surface area (Å²) in [4.78, 5) is 0. The third kappa shape index (κ3) is 3.31. The van der Waals surface area contributed by atoms with Crippen LogP contribution in [0.3, 0.4) is 0 Å². The first-order valence-corrected chi connectivity index (χ1v) is 6.69. The molecule has 0 aliphatic heterocycles. The fraction of sp³-hybridized carbons (Fsp3) is 0.600. The molecule has 2 atom stereocenters. The Morgan fingerprint density at radius 3 is 2.94 bits per heavy atom. The second-order valence-corrected chi connectivity index (χ2v) is 4.79.